The van der Waals surface area contributed by atoms with Crippen LogP contribution in [0.3, 0.4) is 0 Å². The first kappa shape index (κ1) is 17.5. The number of hydrogen-bond donors (Lipinski definition) is 1. The van der Waals surface area contributed by atoms with E-state index in [0.717, 1.165) is 19.3 Å². The van der Waals surface area contributed by atoms with E-state index in [9.17, 15) is 9.59 Å². The number of rotatable bonds is 2. The first-order chi connectivity index (χ1) is 11.6. The molecule has 1 saturated carbocycles. The Bertz CT molecular complexity index is 456. The van der Waals surface area contributed by atoms with E-state index in [-0.39, 0.29) is 24.1 Å². The number of urea groups is 1. The Kier molecular flexibility index (Phi) is 5.64. The number of nitrogens with one attached hydrogen (secondary N) is 1. The van der Waals surface area contributed by atoms with Gasteiger partial charge in [0.1, 0.15) is 6.10 Å². The van der Waals surface area contributed by atoms with E-state index in [2.05, 4.69) is 19.2 Å². The van der Waals surface area contributed by atoms with E-state index in [0.29, 0.717) is 44.6 Å². The summed E-state index contributed by atoms with van der Waals surface area (Å²) in [5, 5.41) is 3.23. The van der Waals surface area contributed by atoms with Crippen LogP contribution in [0.15, 0.2) is 0 Å². The fraction of sp³-hybridized carbons (Fsp3) is 0.889. The van der Waals surface area contributed by atoms with Gasteiger partial charge < -0.3 is 19.9 Å². The van der Waals surface area contributed by atoms with Crippen LogP contribution in [0.2, 0.25) is 0 Å². The average molecular weight is 337 g/mol. The monoisotopic (exact) mass is 337 g/mol. The molecule has 136 valence electrons. The van der Waals surface area contributed by atoms with Gasteiger partial charge in [-0.15, -0.1) is 0 Å². The zero-order valence-electron chi connectivity index (χ0n) is 15.0. The van der Waals surface area contributed by atoms with Crippen molar-refractivity contribution in [1.82, 2.24) is 15.1 Å². The summed E-state index contributed by atoms with van der Waals surface area (Å²) in [5.74, 6) is 1.30. The zero-order chi connectivity index (χ0) is 17.1. The van der Waals surface area contributed by atoms with Gasteiger partial charge in [0.25, 0.3) is 5.91 Å². The number of piperazine rings is 1. The van der Waals surface area contributed by atoms with Crippen LogP contribution in [0.25, 0.3) is 0 Å². The van der Waals surface area contributed by atoms with Gasteiger partial charge in [0, 0.05) is 38.8 Å². The molecule has 3 fully saturated rings. The summed E-state index contributed by atoms with van der Waals surface area (Å²) in [5.41, 5.74) is 0. The predicted molar refractivity (Wildman–Crippen MR) is 91.6 cm³/mol. The molecule has 0 aromatic heterocycles. The van der Waals surface area contributed by atoms with E-state index in [1.54, 1.807) is 0 Å². The van der Waals surface area contributed by atoms with E-state index < -0.39 is 0 Å². The molecule has 0 bridgehead atoms. The lowest BCUT2D eigenvalue weighted by atomic mass is 9.78. The highest BCUT2D eigenvalue weighted by Gasteiger charge is 2.33. The normalized spacial score (nSPS) is 34.2. The van der Waals surface area contributed by atoms with Crippen LogP contribution in [0.4, 0.5) is 4.79 Å². The fourth-order valence-electron chi connectivity index (χ4n) is 4.14. The largest absolute Gasteiger partial charge is 0.368 e. The van der Waals surface area contributed by atoms with Crippen molar-refractivity contribution in [3.63, 3.8) is 0 Å². The number of ether oxygens (including phenoxy) is 1. The van der Waals surface area contributed by atoms with Crippen molar-refractivity contribution in [2.75, 3.05) is 32.8 Å². The van der Waals surface area contributed by atoms with Crippen LogP contribution in [-0.2, 0) is 9.53 Å². The maximum Gasteiger partial charge on any atom is 0.317 e. The molecule has 3 amide bonds. The van der Waals surface area contributed by atoms with Gasteiger partial charge in [-0.05, 0) is 31.1 Å². The van der Waals surface area contributed by atoms with Gasteiger partial charge in [0.05, 0.1) is 0 Å². The number of carbonyl (C=O) groups is 2. The Morgan fingerprint density at radius 1 is 0.958 bits per heavy atom. The van der Waals surface area contributed by atoms with Gasteiger partial charge in [-0.3, -0.25) is 4.79 Å². The second kappa shape index (κ2) is 7.72. The van der Waals surface area contributed by atoms with Crippen LogP contribution in [0.5, 0.6) is 0 Å². The third-order valence-electron chi connectivity index (χ3n) is 6.10. The van der Waals surface area contributed by atoms with Crippen molar-refractivity contribution < 1.29 is 14.3 Å². The third kappa shape index (κ3) is 3.85. The van der Waals surface area contributed by atoms with Crippen molar-refractivity contribution in [1.29, 1.82) is 0 Å². The van der Waals surface area contributed by atoms with Crippen LogP contribution >= 0.6 is 0 Å². The molecule has 3 rings (SSSR count). The highest BCUT2D eigenvalue weighted by molar-refractivity contribution is 5.81. The van der Waals surface area contributed by atoms with Crippen LogP contribution < -0.4 is 5.32 Å². The summed E-state index contributed by atoms with van der Waals surface area (Å²) in [4.78, 5) is 28.6. The van der Waals surface area contributed by atoms with Crippen molar-refractivity contribution in [3.8, 4) is 0 Å². The lowest BCUT2D eigenvalue weighted by Gasteiger charge is -2.39. The molecular weight excluding hydrogens is 306 g/mol. The maximum absolute atomic E-state index is 12.5. The number of carbonyl (C=O) groups excluding carboxylic acids is 2. The lowest BCUT2D eigenvalue weighted by Crippen LogP contribution is -2.57. The molecule has 1 aliphatic carbocycles. The van der Waals surface area contributed by atoms with Crippen molar-refractivity contribution >= 4 is 11.9 Å². The molecule has 4 atom stereocenters. The SMILES string of the molecule is CC1CCCC(NC(=O)N2CCN(C(=O)C3CCCO3)CC2)C1C. The summed E-state index contributed by atoms with van der Waals surface area (Å²) in [6.07, 6.45) is 5.08. The van der Waals surface area contributed by atoms with E-state index in [1.807, 2.05) is 9.80 Å². The standard InChI is InChI=1S/C18H31N3O3/c1-13-5-3-6-15(14(13)2)19-18(23)21-10-8-20(9-11-21)17(22)16-7-4-12-24-16/h13-16H,3-12H2,1-2H3,(H,19,23). The molecule has 2 aliphatic heterocycles. The topological polar surface area (TPSA) is 61.9 Å². The third-order valence-corrected chi connectivity index (χ3v) is 6.10. The van der Waals surface area contributed by atoms with Crippen LogP contribution in [0, 0.1) is 11.8 Å². The molecule has 3 aliphatic rings. The Morgan fingerprint density at radius 2 is 1.67 bits per heavy atom. The van der Waals surface area contributed by atoms with Gasteiger partial charge in [-0.1, -0.05) is 26.7 Å². The highest BCUT2D eigenvalue weighted by atomic mass is 16.5. The smallest absolute Gasteiger partial charge is 0.317 e. The fourth-order valence-corrected chi connectivity index (χ4v) is 4.14. The molecule has 0 aromatic rings. The van der Waals surface area contributed by atoms with Crippen molar-refractivity contribution in [2.24, 2.45) is 11.8 Å². The molecule has 0 aromatic carbocycles. The Labute approximate surface area is 144 Å². The van der Waals surface area contributed by atoms with E-state index >= 15 is 0 Å². The summed E-state index contributed by atoms with van der Waals surface area (Å²) in [6.45, 7) is 7.66. The Hall–Kier alpha value is -1.30. The summed E-state index contributed by atoms with van der Waals surface area (Å²) >= 11 is 0. The van der Waals surface area contributed by atoms with E-state index in [1.165, 1.54) is 12.8 Å². The minimum atomic E-state index is -0.255. The van der Waals surface area contributed by atoms with E-state index in [4.69, 9.17) is 4.74 Å². The summed E-state index contributed by atoms with van der Waals surface area (Å²) in [6, 6.07) is 0.318. The maximum atomic E-state index is 12.5. The van der Waals surface area contributed by atoms with Crippen molar-refractivity contribution in [2.45, 2.75) is 58.1 Å². The Balaban J connectivity index is 1.45. The summed E-state index contributed by atoms with van der Waals surface area (Å²) < 4.78 is 5.48. The van der Waals surface area contributed by atoms with Crippen LogP contribution in [0.1, 0.15) is 46.0 Å². The molecule has 6 heteroatoms. The lowest BCUT2D eigenvalue weighted by molar-refractivity contribution is -0.142. The molecular formula is C18H31N3O3. The molecule has 2 saturated heterocycles. The molecule has 24 heavy (non-hydrogen) atoms. The first-order valence-electron chi connectivity index (χ1n) is 9.52. The second-order valence-corrected chi connectivity index (χ2v) is 7.64. The first-order valence-corrected chi connectivity index (χ1v) is 9.52. The second-order valence-electron chi connectivity index (χ2n) is 7.64. The number of nitrogens with zero attached hydrogens (tertiary/aromatic N) is 2. The Morgan fingerprint density at radius 3 is 2.33 bits per heavy atom. The minimum absolute atomic E-state index is 0.0326. The number of hydrogen-bond acceptors (Lipinski definition) is 3. The minimum Gasteiger partial charge on any atom is -0.368 e. The van der Waals surface area contributed by atoms with Gasteiger partial charge >= 0.3 is 6.03 Å². The quantitative estimate of drug-likeness (QED) is 0.836. The van der Waals surface area contributed by atoms with Gasteiger partial charge in [0.15, 0.2) is 0 Å². The van der Waals surface area contributed by atoms with Crippen LogP contribution in [-0.4, -0.2) is 66.7 Å². The van der Waals surface area contributed by atoms with Gasteiger partial charge in [-0.2, -0.15) is 0 Å². The zero-order valence-corrected chi connectivity index (χ0v) is 15.0. The van der Waals surface area contributed by atoms with Crippen molar-refractivity contribution in [3.05, 3.63) is 0 Å². The number of amides is 3. The molecule has 4 unspecified atom stereocenters. The molecule has 2 heterocycles. The highest BCUT2D eigenvalue weighted by Crippen LogP contribution is 2.29. The average Bonchev–Trinajstić information content (AvgIpc) is 3.13. The molecule has 0 radical (unpaired) electrons. The predicted octanol–water partition coefficient (Wildman–Crippen LogP) is 1.84. The molecule has 1 N–H and O–H groups in total. The van der Waals surface area contributed by atoms with Gasteiger partial charge in [-0.25, -0.2) is 4.79 Å². The van der Waals surface area contributed by atoms with Gasteiger partial charge in [0.2, 0.25) is 0 Å². The molecule has 6 nitrogen and oxygen atoms in total. The summed E-state index contributed by atoms with van der Waals surface area (Å²) in [7, 11) is 0. The molecule has 0 spiro atoms.